The smallest absolute Gasteiger partial charge is 0.323 e. The number of amides is 1. The number of aromatic amines is 1. The van der Waals surface area contributed by atoms with Crippen LogP contribution in [0.15, 0.2) is 48.5 Å². The number of para-hydroxylation sites is 1. The van der Waals surface area contributed by atoms with Gasteiger partial charge < -0.3 is 20.4 Å². The first-order valence-electron chi connectivity index (χ1n) is 12.1. The standard InChI is InChI=1S/C27H31FN4O3/c1-16(33)29-11-12-30-17-13-23(19-8-3-5-9-21(19)28)32-24(14-17)26-20(15-25(32)27(34)35-2)18-7-4-6-10-22(18)31-26/h3-10,17,23-25,30-31H,11-15H2,1-2H3,(H,29,33)/t17-,23-,24+,25-/m0/s1. The fourth-order valence-electron chi connectivity index (χ4n) is 5.88. The summed E-state index contributed by atoms with van der Waals surface area (Å²) in [7, 11) is 1.41. The molecule has 3 N–H and O–H groups in total. The number of methoxy groups -OCH3 is 1. The summed E-state index contributed by atoms with van der Waals surface area (Å²) >= 11 is 0. The highest BCUT2D eigenvalue weighted by atomic mass is 19.1. The first-order chi connectivity index (χ1) is 17.0. The van der Waals surface area contributed by atoms with Crippen LogP contribution in [0.4, 0.5) is 4.39 Å². The van der Waals surface area contributed by atoms with E-state index in [1.807, 2.05) is 30.3 Å². The highest BCUT2D eigenvalue weighted by Crippen LogP contribution is 2.49. The van der Waals surface area contributed by atoms with Crippen LogP contribution in [0, 0.1) is 5.82 Å². The summed E-state index contributed by atoms with van der Waals surface area (Å²) < 4.78 is 20.4. The molecule has 0 saturated carbocycles. The van der Waals surface area contributed by atoms with Gasteiger partial charge >= 0.3 is 5.97 Å². The zero-order valence-electron chi connectivity index (χ0n) is 20.0. The summed E-state index contributed by atoms with van der Waals surface area (Å²) in [6, 6.07) is 14.1. The maximum atomic E-state index is 15.1. The van der Waals surface area contributed by atoms with Crippen molar-refractivity contribution in [1.29, 1.82) is 0 Å². The molecule has 1 aromatic heterocycles. The van der Waals surface area contributed by atoms with E-state index < -0.39 is 6.04 Å². The maximum Gasteiger partial charge on any atom is 0.323 e. The number of piperidine rings is 1. The first kappa shape index (κ1) is 23.5. The van der Waals surface area contributed by atoms with E-state index in [0.717, 1.165) is 28.6 Å². The lowest BCUT2D eigenvalue weighted by molar-refractivity contribution is -0.152. The van der Waals surface area contributed by atoms with E-state index in [9.17, 15) is 9.59 Å². The molecule has 1 amide bonds. The van der Waals surface area contributed by atoms with Crippen molar-refractivity contribution in [2.24, 2.45) is 0 Å². The molecule has 3 aromatic rings. The van der Waals surface area contributed by atoms with E-state index >= 15 is 4.39 Å². The van der Waals surface area contributed by atoms with Gasteiger partial charge in [-0.05, 0) is 30.5 Å². The van der Waals surface area contributed by atoms with Crippen LogP contribution >= 0.6 is 0 Å². The van der Waals surface area contributed by atoms with Gasteiger partial charge in [-0.3, -0.25) is 14.5 Å². The minimum atomic E-state index is -0.512. The monoisotopic (exact) mass is 478 g/mol. The third kappa shape index (κ3) is 4.44. The Morgan fingerprint density at radius 1 is 1.09 bits per heavy atom. The van der Waals surface area contributed by atoms with Crippen LogP contribution in [0.3, 0.4) is 0 Å². The van der Waals surface area contributed by atoms with E-state index in [-0.39, 0.29) is 35.8 Å². The summed E-state index contributed by atoms with van der Waals surface area (Å²) in [5, 5.41) is 7.49. The number of carbonyl (C=O) groups excluding carboxylic acids is 2. The lowest BCUT2D eigenvalue weighted by atomic mass is 9.79. The molecule has 35 heavy (non-hydrogen) atoms. The predicted octanol–water partition coefficient (Wildman–Crippen LogP) is 3.38. The van der Waals surface area contributed by atoms with E-state index in [1.165, 1.54) is 20.1 Å². The van der Waals surface area contributed by atoms with Gasteiger partial charge in [-0.25, -0.2) is 4.39 Å². The SMILES string of the molecule is COC(=O)[C@@H]1Cc2c([nH]c3ccccc23)[C@H]2C[C@@H](NCCNC(C)=O)C[C@@H](c3ccccc3F)N21. The van der Waals surface area contributed by atoms with Gasteiger partial charge in [0.2, 0.25) is 5.91 Å². The fourth-order valence-corrected chi connectivity index (χ4v) is 5.88. The Hall–Kier alpha value is -3.23. The summed E-state index contributed by atoms with van der Waals surface area (Å²) in [5.74, 6) is -0.646. The molecule has 2 aliphatic rings. The number of nitrogens with one attached hydrogen (secondary N) is 3. The third-order valence-corrected chi connectivity index (χ3v) is 7.34. The van der Waals surface area contributed by atoms with Gasteiger partial charge in [0.05, 0.1) is 13.2 Å². The number of esters is 1. The molecule has 0 aliphatic carbocycles. The van der Waals surface area contributed by atoms with Crippen molar-refractivity contribution in [3.8, 4) is 0 Å². The van der Waals surface area contributed by atoms with Crippen LogP contribution < -0.4 is 10.6 Å². The Kier molecular flexibility index (Phi) is 6.58. The number of ether oxygens (including phenoxy) is 1. The quantitative estimate of drug-likeness (QED) is 0.374. The number of fused-ring (bicyclic) bond motifs is 5. The largest absolute Gasteiger partial charge is 0.468 e. The van der Waals surface area contributed by atoms with Crippen molar-refractivity contribution in [3.63, 3.8) is 0 Å². The number of carbonyl (C=O) groups is 2. The number of hydrogen-bond donors (Lipinski definition) is 3. The minimum absolute atomic E-state index is 0.0678. The normalized spacial score (nSPS) is 24.0. The van der Waals surface area contributed by atoms with Crippen LogP contribution in [0.1, 0.15) is 48.7 Å². The lowest BCUT2D eigenvalue weighted by Crippen LogP contribution is -2.56. The Bertz CT molecular complexity index is 1240. The van der Waals surface area contributed by atoms with Crippen molar-refractivity contribution in [3.05, 3.63) is 71.2 Å². The molecule has 1 fully saturated rings. The molecule has 4 atom stereocenters. The predicted molar refractivity (Wildman–Crippen MR) is 131 cm³/mol. The molecule has 7 nitrogen and oxygen atoms in total. The van der Waals surface area contributed by atoms with Gasteiger partial charge in [-0.1, -0.05) is 36.4 Å². The molecule has 0 unspecified atom stereocenters. The molecule has 0 spiro atoms. The van der Waals surface area contributed by atoms with Crippen molar-refractivity contribution in [2.45, 2.75) is 50.4 Å². The Labute approximate surface area is 204 Å². The second kappa shape index (κ2) is 9.79. The molecule has 1 saturated heterocycles. The van der Waals surface area contributed by atoms with Crippen LogP contribution in [0.25, 0.3) is 10.9 Å². The zero-order chi connectivity index (χ0) is 24.5. The van der Waals surface area contributed by atoms with E-state index in [4.69, 9.17) is 4.74 Å². The van der Waals surface area contributed by atoms with Crippen LogP contribution in [0.5, 0.6) is 0 Å². The molecule has 184 valence electrons. The molecule has 2 aliphatic heterocycles. The summed E-state index contributed by atoms with van der Waals surface area (Å²) in [6.45, 7) is 2.63. The highest BCUT2D eigenvalue weighted by Gasteiger charge is 2.48. The Balaban J connectivity index is 1.57. The number of halogens is 1. The van der Waals surface area contributed by atoms with Crippen LogP contribution in [0.2, 0.25) is 0 Å². The van der Waals surface area contributed by atoms with Crippen LogP contribution in [-0.2, 0) is 20.7 Å². The van der Waals surface area contributed by atoms with Gasteiger partial charge in [0.1, 0.15) is 11.9 Å². The van der Waals surface area contributed by atoms with Gasteiger partial charge in [-0.15, -0.1) is 0 Å². The number of aromatic nitrogens is 1. The number of nitrogens with zero attached hydrogens (tertiary/aromatic N) is 1. The zero-order valence-corrected chi connectivity index (χ0v) is 20.0. The third-order valence-electron chi connectivity index (χ3n) is 7.34. The lowest BCUT2D eigenvalue weighted by Gasteiger charge is -2.50. The Morgan fingerprint density at radius 3 is 2.60 bits per heavy atom. The van der Waals surface area contributed by atoms with E-state index in [2.05, 4.69) is 26.6 Å². The molecule has 0 radical (unpaired) electrons. The molecular formula is C27H31FN4O3. The van der Waals surface area contributed by atoms with Crippen molar-refractivity contribution >= 4 is 22.8 Å². The molecule has 3 heterocycles. The molecule has 0 bridgehead atoms. The van der Waals surface area contributed by atoms with Gasteiger partial charge in [0, 0.05) is 60.7 Å². The number of H-pyrrole nitrogens is 1. The van der Waals surface area contributed by atoms with Gasteiger partial charge in [-0.2, -0.15) is 0 Å². The summed E-state index contributed by atoms with van der Waals surface area (Å²) in [4.78, 5) is 30.1. The average Bonchev–Trinajstić information content (AvgIpc) is 3.24. The summed E-state index contributed by atoms with van der Waals surface area (Å²) in [5.41, 5.74) is 3.83. The molecule has 8 heteroatoms. The van der Waals surface area contributed by atoms with E-state index in [1.54, 1.807) is 6.07 Å². The number of hydrogen-bond acceptors (Lipinski definition) is 5. The van der Waals surface area contributed by atoms with Crippen LogP contribution in [-0.4, -0.2) is 54.0 Å². The summed E-state index contributed by atoms with van der Waals surface area (Å²) in [6.07, 6.45) is 1.90. The van der Waals surface area contributed by atoms with Gasteiger partial charge in [0.25, 0.3) is 0 Å². The van der Waals surface area contributed by atoms with Crippen molar-refractivity contribution in [2.75, 3.05) is 20.2 Å². The number of rotatable bonds is 6. The fraction of sp³-hybridized carbons (Fsp3) is 0.407. The van der Waals surface area contributed by atoms with Gasteiger partial charge in [0.15, 0.2) is 0 Å². The second-order valence-electron chi connectivity index (χ2n) is 9.41. The first-order valence-corrected chi connectivity index (χ1v) is 12.1. The molecule has 2 aromatic carbocycles. The number of benzene rings is 2. The maximum absolute atomic E-state index is 15.1. The molecular weight excluding hydrogens is 447 g/mol. The minimum Gasteiger partial charge on any atom is -0.468 e. The topological polar surface area (TPSA) is 86.5 Å². The highest BCUT2D eigenvalue weighted by molar-refractivity contribution is 5.87. The van der Waals surface area contributed by atoms with Crippen molar-refractivity contribution in [1.82, 2.24) is 20.5 Å². The average molecular weight is 479 g/mol. The Morgan fingerprint density at radius 2 is 1.83 bits per heavy atom. The molecule has 5 rings (SSSR count). The second-order valence-corrected chi connectivity index (χ2v) is 9.41. The van der Waals surface area contributed by atoms with E-state index in [0.29, 0.717) is 31.5 Å². The van der Waals surface area contributed by atoms with Crippen molar-refractivity contribution < 1.29 is 18.7 Å².